The molecule has 0 radical (unpaired) electrons. The van der Waals surface area contributed by atoms with E-state index in [1.165, 1.54) is 24.0 Å². The van der Waals surface area contributed by atoms with Crippen LogP contribution in [0, 0.1) is 35.7 Å². The summed E-state index contributed by atoms with van der Waals surface area (Å²) >= 11 is 0. The molecule has 3 rings (SSSR count). The Kier molecular flexibility index (Phi) is 6.71. The average molecular weight is 450 g/mol. The molecule has 1 N–H and O–H groups in total. The number of hydrogen-bond donors (Lipinski definition) is 1. The van der Waals surface area contributed by atoms with Crippen molar-refractivity contribution in [1.82, 2.24) is 9.62 Å². The first-order valence-corrected chi connectivity index (χ1v) is 11.4. The van der Waals surface area contributed by atoms with Crippen molar-refractivity contribution in [2.45, 2.75) is 31.6 Å². The smallest absolute Gasteiger partial charge is 0.276 e. The Hall–Kier alpha value is -2.85. The van der Waals surface area contributed by atoms with Gasteiger partial charge in [-0.1, -0.05) is 17.7 Å². The first-order chi connectivity index (χ1) is 14.6. The van der Waals surface area contributed by atoms with Crippen molar-refractivity contribution < 1.29 is 22.5 Å². The van der Waals surface area contributed by atoms with E-state index in [1.807, 2.05) is 6.92 Å². The topological polar surface area (TPSA) is 110 Å². The lowest BCUT2D eigenvalue weighted by atomic mass is 9.97. The van der Waals surface area contributed by atoms with E-state index in [9.17, 15) is 27.7 Å². The highest BCUT2D eigenvalue weighted by atomic mass is 32.2. The van der Waals surface area contributed by atoms with Gasteiger partial charge in [-0.2, -0.15) is 0 Å². The van der Waals surface area contributed by atoms with Crippen molar-refractivity contribution in [3.05, 3.63) is 69.0 Å². The lowest BCUT2D eigenvalue weighted by molar-refractivity contribution is -0.385. The second-order valence-corrected chi connectivity index (χ2v) is 9.55. The molecule has 31 heavy (non-hydrogen) atoms. The molecule has 0 saturated carbocycles. The molecule has 0 bridgehead atoms. The molecule has 1 aliphatic rings. The van der Waals surface area contributed by atoms with Crippen molar-refractivity contribution in [1.29, 1.82) is 0 Å². The Morgan fingerprint density at radius 3 is 2.58 bits per heavy atom. The van der Waals surface area contributed by atoms with Crippen molar-refractivity contribution in [2.75, 3.05) is 19.6 Å². The molecule has 1 fully saturated rings. The van der Waals surface area contributed by atoms with Gasteiger partial charge in [-0.3, -0.25) is 14.9 Å². The third kappa shape index (κ3) is 5.26. The van der Waals surface area contributed by atoms with Crippen LogP contribution in [0.1, 0.15) is 34.3 Å². The van der Waals surface area contributed by atoms with Crippen LogP contribution in [0.4, 0.5) is 10.1 Å². The minimum absolute atomic E-state index is 0.0873. The molecule has 8 nitrogen and oxygen atoms in total. The van der Waals surface area contributed by atoms with Crippen LogP contribution >= 0.6 is 0 Å². The number of carbonyl (C=O) groups excluding carboxylic acids is 1. The van der Waals surface area contributed by atoms with Gasteiger partial charge in [0.25, 0.3) is 11.6 Å². The fourth-order valence-corrected chi connectivity index (χ4v) is 4.72. The van der Waals surface area contributed by atoms with Crippen LogP contribution in [0.2, 0.25) is 0 Å². The van der Waals surface area contributed by atoms with Crippen molar-refractivity contribution in [3.63, 3.8) is 0 Å². The number of rotatable bonds is 6. The van der Waals surface area contributed by atoms with Crippen LogP contribution < -0.4 is 4.72 Å². The Labute approximate surface area is 180 Å². The quantitative estimate of drug-likeness (QED) is 0.538. The van der Waals surface area contributed by atoms with Gasteiger partial charge in [-0.05, 0) is 50.8 Å². The summed E-state index contributed by atoms with van der Waals surface area (Å²) in [7, 11) is -3.67. The zero-order valence-electron chi connectivity index (χ0n) is 17.3. The van der Waals surface area contributed by atoms with Gasteiger partial charge < -0.3 is 4.90 Å². The van der Waals surface area contributed by atoms with Gasteiger partial charge >= 0.3 is 0 Å². The molecule has 1 saturated heterocycles. The fraction of sp³-hybridized carbons (Fsp3) is 0.381. The predicted molar refractivity (Wildman–Crippen MR) is 113 cm³/mol. The van der Waals surface area contributed by atoms with Gasteiger partial charge in [-0.15, -0.1) is 0 Å². The summed E-state index contributed by atoms with van der Waals surface area (Å²) in [6.07, 6.45) is 1.38. The Bertz CT molecular complexity index is 1100. The second-order valence-electron chi connectivity index (χ2n) is 7.78. The summed E-state index contributed by atoms with van der Waals surface area (Å²) in [6, 6.07) is 8.60. The van der Waals surface area contributed by atoms with E-state index in [4.69, 9.17) is 0 Å². The molecule has 10 heteroatoms. The molecule has 1 amide bonds. The van der Waals surface area contributed by atoms with Crippen LogP contribution in [0.25, 0.3) is 0 Å². The van der Waals surface area contributed by atoms with E-state index in [2.05, 4.69) is 4.72 Å². The molecule has 2 aromatic rings. The second kappa shape index (κ2) is 9.11. The molecule has 2 aromatic carbocycles. The third-order valence-electron chi connectivity index (χ3n) is 5.46. The van der Waals surface area contributed by atoms with E-state index in [0.29, 0.717) is 13.0 Å². The monoisotopic (exact) mass is 449 g/mol. The number of aryl methyl sites for hydroxylation is 1. The molecule has 166 valence electrons. The van der Waals surface area contributed by atoms with Crippen LogP contribution in [-0.2, 0) is 10.0 Å². The lowest BCUT2D eigenvalue weighted by Gasteiger charge is -2.33. The highest BCUT2D eigenvalue weighted by Gasteiger charge is 2.28. The number of benzene rings is 2. The van der Waals surface area contributed by atoms with Gasteiger partial charge in [0, 0.05) is 31.3 Å². The Morgan fingerprint density at radius 1 is 1.26 bits per heavy atom. The molecular weight excluding hydrogens is 425 g/mol. The van der Waals surface area contributed by atoms with Gasteiger partial charge in [0.1, 0.15) is 5.82 Å². The van der Waals surface area contributed by atoms with E-state index in [1.54, 1.807) is 12.1 Å². The van der Waals surface area contributed by atoms with E-state index < -0.39 is 32.4 Å². The van der Waals surface area contributed by atoms with E-state index in [0.717, 1.165) is 24.1 Å². The standard InChI is InChI=1S/C21H24FN3O5S/c1-14-5-7-18(8-6-14)31(29,30)23-12-16-4-3-9-24(13-16)21(26)17-10-19(22)15(2)20(11-17)25(27)28/h5-8,10-11,16,23H,3-4,9,12-13H2,1-2H3. The normalized spacial score (nSPS) is 16.9. The average Bonchev–Trinajstić information content (AvgIpc) is 2.74. The molecule has 1 atom stereocenters. The van der Waals surface area contributed by atoms with E-state index in [-0.39, 0.29) is 35.0 Å². The number of nitrogens with one attached hydrogen (secondary N) is 1. The first-order valence-electron chi connectivity index (χ1n) is 9.88. The molecule has 0 spiro atoms. The summed E-state index contributed by atoms with van der Waals surface area (Å²) in [5, 5.41) is 11.1. The number of halogens is 1. The van der Waals surface area contributed by atoms with Crippen LogP contribution in [0.3, 0.4) is 0 Å². The van der Waals surface area contributed by atoms with Gasteiger partial charge in [0.05, 0.1) is 15.4 Å². The van der Waals surface area contributed by atoms with Crippen LogP contribution in [0.5, 0.6) is 0 Å². The zero-order chi connectivity index (χ0) is 22.8. The maximum atomic E-state index is 14.1. The molecule has 1 aliphatic heterocycles. The lowest BCUT2D eigenvalue weighted by Crippen LogP contribution is -2.43. The number of likely N-dealkylation sites (tertiary alicyclic amines) is 1. The first kappa shape index (κ1) is 22.8. The largest absolute Gasteiger partial charge is 0.338 e. The van der Waals surface area contributed by atoms with Crippen molar-refractivity contribution in [2.24, 2.45) is 5.92 Å². The Balaban J connectivity index is 1.68. The van der Waals surface area contributed by atoms with Crippen LogP contribution in [-0.4, -0.2) is 43.8 Å². The molecular formula is C21H24FN3O5S. The zero-order valence-corrected chi connectivity index (χ0v) is 18.1. The number of sulfonamides is 1. The van der Waals surface area contributed by atoms with E-state index >= 15 is 0 Å². The summed E-state index contributed by atoms with van der Waals surface area (Å²) < 4.78 is 41.7. The summed E-state index contributed by atoms with van der Waals surface area (Å²) in [5.74, 6) is -1.44. The minimum Gasteiger partial charge on any atom is -0.338 e. The predicted octanol–water partition coefficient (Wildman–Crippen LogP) is 3.18. The third-order valence-corrected chi connectivity index (χ3v) is 6.90. The highest BCUT2D eigenvalue weighted by Crippen LogP contribution is 2.25. The number of piperidine rings is 1. The molecule has 1 unspecified atom stereocenters. The number of carbonyl (C=O) groups is 1. The van der Waals surface area contributed by atoms with Gasteiger partial charge in [-0.25, -0.2) is 17.5 Å². The fourth-order valence-electron chi connectivity index (χ4n) is 3.60. The van der Waals surface area contributed by atoms with Gasteiger partial charge in [0.2, 0.25) is 10.0 Å². The number of amides is 1. The SMILES string of the molecule is Cc1ccc(S(=O)(=O)NCC2CCCN(C(=O)c3cc(F)c(C)c([N+](=O)[O-])c3)C2)cc1. The summed E-state index contributed by atoms with van der Waals surface area (Å²) in [6.45, 7) is 4.01. The van der Waals surface area contributed by atoms with Crippen LogP contribution in [0.15, 0.2) is 41.3 Å². The molecule has 0 aromatic heterocycles. The van der Waals surface area contributed by atoms with Gasteiger partial charge in [0.15, 0.2) is 0 Å². The summed E-state index contributed by atoms with van der Waals surface area (Å²) in [4.78, 5) is 24.9. The highest BCUT2D eigenvalue weighted by molar-refractivity contribution is 7.89. The maximum Gasteiger partial charge on any atom is 0.276 e. The number of nitro benzene ring substituents is 1. The minimum atomic E-state index is -3.67. The maximum absolute atomic E-state index is 14.1. The summed E-state index contributed by atoms with van der Waals surface area (Å²) in [5.41, 5.74) is 0.301. The number of nitro groups is 1. The Morgan fingerprint density at radius 2 is 1.94 bits per heavy atom. The molecule has 1 heterocycles. The molecule has 0 aliphatic carbocycles. The van der Waals surface area contributed by atoms with Crippen molar-refractivity contribution >= 4 is 21.6 Å². The number of nitrogens with zero attached hydrogens (tertiary/aromatic N) is 2. The number of hydrogen-bond acceptors (Lipinski definition) is 5. The van der Waals surface area contributed by atoms with Crippen molar-refractivity contribution in [3.8, 4) is 0 Å².